The van der Waals surface area contributed by atoms with Gasteiger partial charge in [-0.3, -0.25) is 4.90 Å². The lowest BCUT2D eigenvalue weighted by Crippen LogP contribution is -2.53. The molecule has 10 heteroatoms. The Morgan fingerprint density at radius 3 is 2.69 bits per heavy atom. The largest absolute Gasteiger partial charge is 0.466 e. The van der Waals surface area contributed by atoms with Crippen molar-refractivity contribution >= 4 is 22.9 Å². The lowest BCUT2D eigenvalue weighted by atomic mass is 10.00. The number of aliphatic hydroxyl groups is 1. The highest BCUT2D eigenvalue weighted by Crippen LogP contribution is 2.36. The van der Waals surface area contributed by atoms with Crippen LogP contribution in [0.15, 0.2) is 35.7 Å². The van der Waals surface area contributed by atoms with Crippen LogP contribution in [-0.2, 0) is 32.7 Å². The number of benzene rings is 1. The fourth-order valence-corrected chi connectivity index (χ4v) is 4.28. The van der Waals surface area contributed by atoms with Crippen LogP contribution < -0.4 is 0 Å². The summed E-state index contributed by atoms with van der Waals surface area (Å²) in [7, 11) is 1.33. The number of aromatic nitrogens is 1. The molecule has 1 aliphatic heterocycles. The van der Waals surface area contributed by atoms with Crippen molar-refractivity contribution in [1.29, 1.82) is 0 Å². The number of esters is 1. The van der Waals surface area contributed by atoms with E-state index in [2.05, 4.69) is 9.72 Å². The maximum atomic E-state index is 12.9. The zero-order valence-corrected chi connectivity index (χ0v) is 18.8. The van der Waals surface area contributed by atoms with Gasteiger partial charge in [0.25, 0.3) is 0 Å². The second kappa shape index (κ2) is 9.70. The van der Waals surface area contributed by atoms with Crippen molar-refractivity contribution < 1.29 is 32.5 Å². The first-order valence-electron chi connectivity index (χ1n) is 10.0. The molecule has 174 valence electrons. The predicted molar refractivity (Wildman–Crippen MR) is 114 cm³/mol. The molecule has 1 aromatic carbocycles. The normalized spacial score (nSPS) is 21.4. The number of methoxy groups -OCH3 is 1. The Bertz CT molecular complexity index is 974. The monoisotopic (exact) mass is 470 g/mol. The number of alkyl halides is 3. The van der Waals surface area contributed by atoms with Gasteiger partial charge in [0, 0.05) is 24.0 Å². The van der Waals surface area contributed by atoms with Crippen LogP contribution in [0.3, 0.4) is 0 Å². The van der Waals surface area contributed by atoms with Crippen LogP contribution in [0.25, 0.3) is 5.57 Å². The van der Waals surface area contributed by atoms with Crippen molar-refractivity contribution in [3.63, 3.8) is 0 Å². The zero-order valence-electron chi connectivity index (χ0n) is 18.0. The second-order valence-electron chi connectivity index (χ2n) is 7.74. The van der Waals surface area contributed by atoms with Crippen LogP contribution in [0.5, 0.6) is 0 Å². The molecule has 1 fully saturated rings. The second-order valence-corrected chi connectivity index (χ2v) is 8.60. The lowest BCUT2D eigenvalue weighted by Gasteiger charge is -2.41. The maximum absolute atomic E-state index is 12.9. The van der Waals surface area contributed by atoms with E-state index in [1.165, 1.54) is 18.6 Å². The van der Waals surface area contributed by atoms with Gasteiger partial charge in [-0.25, -0.2) is 9.78 Å². The van der Waals surface area contributed by atoms with Crippen LogP contribution in [0.4, 0.5) is 13.2 Å². The van der Waals surface area contributed by atoms with E-state index in [9.17, 15) is 23.1 Å². The molecule has 6 nitrogen and oxygen atoms in total. The summed E-state index contributed by atoms with van der Waals surface area (Å²) < 4.78 is 48.7. The Hall–Kier alpha value is -2.27. The topological polar surface area (TPSA) is 71.9 Å². The molecule has 32 heavy (non-hydrogen) atoms. The minimum absolute atomic E-state index is 0.00343. The van der Waals surface area contributed by atoms with E-state index in [-0.39, 0.29) is 24.9 Å². The smallest absolute Gasteiger partial charge is 0.443 e. The number of hydrogen-bond acceptors (Lipinski definition) is 7. The number of hydrogen-bond donors (Lipinski definition) is 1. The van der Waals surface area contributed by atoms with Crippen molar-refractivity contribution in [3.8, 4) is 0 Å². The number of thiazole rings is 1. The summed E-state index contributed by atoms with van der Waals surface area (Å²) in [6.07, 6.45) is -2.46. The lowest BCUT2D eigenvalue weighted by molar-refractivity contribution is -0.254. The quantitative estimate of drug-likeness (QED) is 0.511. The molecule has 3 rings (SSSR count). The van der Waals surface area contributed by atoms with Crippen LogP contribution in [0.1, 0.15) is 35.7 Å². The van der Waals surface area contributed by atoms with Crippen LogP contribution >= 0.6 is 11.3 Å². The molecule has 0 saturated carbocycles. The van der Waals surface area contributed by atoms with Gasteiger partial charge < -0.3 is 14.6 Å². The van der Waals surface area contributed by atoms with E-state index in [0.29, 0.717) is 24.3 Å². The average molecular weight is 471 g/mol. The Morgan fingerprint density at radius 1 is 1.41 bits per heavy atom. The zero-order chi connectivity index (χ0) is 23.5. The molecule has 1 aliphatic rings. The number of ether oxygens (including phenoxy) is 2. The van der Waals surface area contributed by atoms with Gasteiger partial charge in [0.05, 0.1) is 20.3 Å². The van der Waals surface area contributed by atoms with Gasteiger partial charge in [0.15, 0.2) is 5.01 Å². The first-order chi connectivity index (χ1) is 15.0. The number of carbonyl (C=O) groups is 1. The number of halogens is 3. The van der Waals surface area contributed by atoms with Crippen LogP contribution in [0, 0.1) is 0 Å². The van der Waals surface area contributed by atoms with E-state index >= 15 is 0 Å². The molecule has 1 saturated heterocycles. The summed E-state index contributed by atoms with van der Waals surface area (Å²) in [4.78, 5) is 16.9. The van der Waals surface area contributed by atoms with Gasteiger partial charge in [-0.15, -0.1) is 11.3 Å². The minimum Gasteiger partial charge on any atom is -0.466 e. The van der Waals surface area contributed by atoms with Gasteiger partial charge >= 0.3 is 12.1 Å². The first-order valence-corrected chi connectivity index (χ1v) is 10.9. The molecule has 0 spiro atoms. The molecule has 1 aromatic heterocycles. The molecule has 0 radical (unpaired) electrons. The molecule has 1 N–H and O–H groups in total. The van der Waals surface area contributed by atoms with Crippen molar-refractivity contribution in [3.05, 3.63) is 57.6 Å². The highest BCUT2D eigenvalue weighted by atomic mass is 32.1. The van der Waals surface area contributed by atoms with Gasteiger partial charge in [0.2, 0.25) is 5.79 Å². The molecular weight excluding hydrogens is 445 g/mol. The molecule has 0 amide bonds. The van der Waals surface area contributed by atoms with Gasteiger partial charge in [-0.1, -0.05) is 24.3 Å². The Labute approximate surface area is 188 Å². The average Bonchev–Trinajstić information content (AvgIpc) is 3.26. The van der Waals surface area contributed by atoms with Gasteiger partial charge in [0.1, 0.15) is 5.69 Å². The van der Waals surface area contributed by atoms with E-state index < -0.39 is 22.9 Å². The molecule has 2 aromatic rings. The molecular formula is C22H25F3N2O4S. The predicted octanol–water partition coefficient (Wildman–Crippen LogP) is 3.85. The number of β-amino-alcohol motifs (C(OH)–C–C–N with tert-alkyl or cyclic N) is 1. The third kappa shape index (κ3) is 5.74. The maximum Gasteiger partial charge on any atom is 0.443 e. The number of nitrogens with zero attached hydrogens (tertiary/aromatic N) is 2. The van der Waals surface area contributed by atoms with E-state index in [1.54, 1.807) is 0 Å². The van der Waals surface area contributed by atoms with Crippen LogP contribution in [0.2, 0.25) is 0 Å². The summed E-state index contributed by atoms with van der Waals surface area (Å²) in [5.74, 6) is -2.30. The van der Waals surface area contributed by atoms with E-state index in [0.717, 1.165) is 16.7 Å². The Kier molecular flexibility index (Phi) is 7.39. The SMILES string of the molecule is COC(=O)C=C(C)c1ccc(CC(C)N2CCOC(O)(c3csc(C(F)(F)F)n3)C2)cc1. The van der Waals surface area contributed by atoms with Crippen molar-refractivity contribution in [2.75, 3.05) is 26.8 Å². The number of morpholine rings is 1. The highest BCUT2D eigenvalue weighted by molar-refractivity contribution is 7.09. The number of rotatable bonds is 6. The summed E-state index contributed by atoms with van der Waals surface area (Å²) in [6.45, 7) is 4.55. The molecule has 2 unspecified atom stereocenters. The Balaban J connectivity index is 1.66. The summed E-state index contributed by atoms with van der Waals surface area (Å²) in [5, 5.41) is 11.1. The van der Waals surface area contributed by atoms with Gasteiger partial charge in [-0.05, 0) is 37.0 Å². The number of carbonyl (C=O) groups excluding carboxylic acids is 1. The Morgan fingerprint density at radius 2 is 2.09 bits per heavy atom. The third-order valence-electron chi connectivity index (χ3n) is 5.38. The molecule has 2 atom stereocenters. The number of allylic oxidation sites excluding steroid dienone is 1. The fraction of sp³-hybridized carbons (Fsp3) is 0.455. The standard InChI is InChI=1S/C22H25F3N2O4S/c1-14(10-19(28)30-3)17-6-4-16(5-7-17)11-15(2)27-8-9-31-21(29,13-27)18-12-32-20(26-18)22(23,24)25/h4-7,10,12,15,29H,8-9,11,13H2,1-3H3. The summed E-state index contributed by atoms with van der Waals surface area (Å²) in [5.41, 5.74) is 2.62. The van der Waals surface area contributed by atoms with Crippen LogP contribution in [-0.4, -0.2) is 53.8 Å². The van der Waals surface area contributed by atoms with Crippen molar-refractivity contribution in [2.24, 2.45) is 0 Å². The first kappa shape index (κ1) is 24.4. The van der Waals surface area contributed by atoms with E-state index in [4.69, 9.17) is 4.74 Å². The minimum atomic E-state index is -4.56. The summed E-state index contributed by atoms with van der Waals surface area (Å²) in [6, 6.07) is 7.76. The molecule has 0 bridgehead atoms. The van der Waals surface area contributed by atoms with Gasteiger partial charge in [-0.2, -0.15) is 13.2 Å². The molecule has 2 heterocycles. The van der Waals surface area contributed by atoms with E-state index in [1.807, 2.05) is 43.0 Å². The molecule has 0 aliphatic carbocycles. The third-order valence-corrected chi connectivity index (χ3v) is 6.27. The van der Waals surface area contributed by atoms with Crippen molar-refractivity contribution in [1.82, 2.24) is 9.88 Å². The summed E-state index contributed by atoms with van der Waals surface area (Å²) >= 11 is 0.441. The fourth-order valence-electron chi connectivity index (χ4n) is 3.54. The highest BCUT2D eigenvalue weighted by Gasteiger charge is 2.42. The van der Waals surface area contributed by atoms with Crippen molar-refractivity contribution in [2.45, 2.75) is 38.3 Å².